The normalized spacial score (nSPS) is 13.2. The number of pyridine rings is 1. The van der Waals surface area contributed by atoms with Crippen molar-refractivity contribution < 1.29 is 9.90 Å². The first-order chi connectivity index (χ1) is 11.1. The van der Waals surface area contributed by atoms with Crippen LogP contribution in [0.4, 0.5) is 0 Å². The molecule has 1 aliphatic carbocycles. The van der Waals surface area contributed by atoms with E-state index in [0.29, 0.717) is 5.69 Å². The van der Waals surface area contributed by atoms with Gasteiger partial charge < -0.3 is 5.11 Å². The van der Waals surface area contributed by atoms with E-state index in [1.165, 1.54) is 34.6 Å². The van der Waals surface area contributed by atoms with Gasteiger partial charge in [-0.15, -0.1) is 6.42 Å². The molecule has 3 rings (SSSR count). The number of hydrogen-bond donors (Lipinski definition) is 1. The number of benzene rings is 1. The maximum absolute atomic E-state index is 12.4. The lowest BCUT2D eigenvalue weighted by atomic mass is 9.90. The number of nitrogens with zero attached hydrogens (tertiary/aromatic N) is 1. The molecule has 0 bridgehead atoms. The Morgan fingerprint density at radius 3 is 2.61 bits per heavy atom. The Labute approximate surface area is 134 Å². The van der Waals surface area contributed by atoms with E-state index < -0.39 is 11.5 Å². The first kappa shape index (κ1) is 15.1. The van der Waals surface area contributed by atoms with Gasteiger partial charge in [-0.3, -0.25) is 9.36 Å². The summed E-state index contributed by atoms with van der Waals surface area (Å²) in [6.07, 6.45) is 9.86. The minimum Gasteiger partial charge on any atom is -0.477 e. The van der Waals surface area contributed by atoms with Crippen molar-refractivity contribution in [2.45, 2.75) is 32.2 Å². The van der Waals surface area contributed by atoms with E-state index in [0.717, 1.165) is 18.4 Å². The predicted molar refractivity (Wildman–Crippen MR) is 88.6 cm³/mol. The van der Waals surface area contributed by atoms with Crippen molar-refractivity contribution in [3.8, 4) is 23.6 Å². The molecule has 0 aliphatic heterocycles. The van der Waals surface area contributed by atoms with Crippen LogP contribution in [0.15, 0.2) is 35.1 Å². The van der Waals surface area contributed by atoms with Gasteiger partial charge in [-0.25, -0.2) is 4.79 Å². The molecule has 1 aromatic carbocycles. The van der Waals surface area contributed by atoms with Crippen LogP contribution >= 0.6 is 0 Å². The summed E-state index contributed by atoms with van der Waals surface area (Å²) in [5, 5.41) is 9.11. The first-order valence-electron chi connectivity index (χ1n) is 7.64. The molecule has 0 fully saturated rings. The van der Waals surface area contributed by atoms with Crippen LogP contribution in [0.1, 0.15) is 34.3 Å². The van der Waals surface area contributed by atoms with Crippen molar-refractivity contribution in [3.05, 3.63) is 57.4 Å². The molecule has 0 unspecified atom stereocenters. The molecule has 0 amide bonds. The van der Waals surface area contributed by atoms with Crippen LogP contribution in [0, 0.1) is 12.3 Å². The molecule has 1 aliphatic rings. The first-order valence-corrected chi connectivity index (χ1v) is 7.64. The van der Waals surface area contributed by atoms with E-state index in [-0.39, 0.29) is 12.1 Å². The molecule has 0 atom stereocenters. The third-order valence-corrected chi connectivity index (χ3v) is 4.30. The molecule has 0 spiro atoms. The van der Waals surface area contributed by atoms with Crippen LogP contribution in [0.2, 0.25) is 0 Å². The summed E-state index contributed by atoms with van der Waals surface area (Å²) >= 11 is 0. The van der Waals surface area contributed by atoms with Crippen LogP contribution in [-0.2, 0) is 19.4 Å². The van der Waals surface area contributed by atoms with Gasteiger partial charge in [0.25, 0.3) is 5.56 Å². The second-order valence-corrected chi connectivity index (χ2v) is 5.72. The molecule has 1 heterocycles. The molecule has 0 radical (unpaired) electrons. The lowest BCUT2D eigenvalue weighted by Gasteiger charge is -2.18. The minimum atomic E-state index is -1.24. The Morgan fingerprint density at radius 2 is 1.91 bits per heavy atom. The summed E-state index contributed by atoms with van der Waals surface area (Å²) < 4.78 is 1.36. The quantitative estimate of drug-likeness (QED) is 0.887. The van der Waals surface area contributed by atoms with E-state index in [1.54, 1.807) is 6.07 Å². The summed E-state index contributed by atoms with van der Waals surface area (Å²) in [6.45, 7) is 0.0480. The standard InChI is InChI=1S/C19H17NO3/c1-2-11-20-17(10-9-16(18(20)21)19(22)23)15-8-7-13-5-3-4-6-14(13)12-15/h1,7-10,12H,3-6,11H2,(H,22,23). The summed E-state index contributed by atoms with van der Waals surface area (Å²) in [6, 6.07) is 9.18. The average molecular weight is 307 g/mol. The van der Waals surface area contributed by atoms with E-state index in [1.807, 2.05) is 6.07 Å². The topological polar surface area (TPSA) is 59.3 Å². The average Bonchev–Trinajstić information content (AvgIpc) is 2.56. The van der Waals surface area contributed by atoms with Gasteiger partial charge in [-0.1, -0.05) is 18.1 Å². The number of terminal acetylenes is 1. The van der Waals surface area contributed by atoms with Crippen molar-refractivity contribution >= 4 is 5.97 Å². The van der Waals surface area contributed by atoms with E-state index in [4.69, 9.17) is 11.5 Å². The monoisotopic (exact) mass is 307 g/mol. The van der Waals surface area contributed by atoms with E-state index in [2.05, 4.69) is 18.1 Å². The fourth-order valence-electron chi connectivity index (χ4n) is 3.13. The third-order valence-electron chi connectivity index (χ3n) is 4.30. The molecule has 4 heteroatoms. The molecule has 2 aromatic rings. The maximum atomic E-state index is 12.4. The van der Waals surface area contributed by atoms with E-state index >= 15 is 0 Å². The number of aromatic nitrogens is 1. The Kier molecular flexibility index (Phi) is 4.03. The number of carboxylic acids is 1. The van der Waals surface area contributed by atoms with Gasteiger partial charge in [0.1, 0.15) is 5.56 Å². The summed E-state index contributed by atoms with van der Waals surface area (Å²) in [4.78, 5) is 23.5. The second kappa shape index (κ2) is 6.13. The summed E-state index contributed by atoms with van der Waals surface area (Å²) in [5.41, 5.74) is 3.39. The number of aromatic carboxylic acids is 1. The van der Waals surface area contributed by atoms with Crippen LogP contribution < -0.4 is 5.56 Å². The Bertz CT molecular complexity index is 871. The molecule has 1 aromatic heterocycles. The number of hydrogen-bond acceptors (Lipinski definition) is 2. The fourth-order valence-corrected chi connectivity index (χ4v) is 3.13. The van der Waals surface area contributed by atoms with Crippen molar-refractivity contribution in [2.75, 3.05) is 0 Å². The molecule has 0 saturated heterocycles. The molecule has 4 nitrogen and oxygen atoms in total. The zero-order valence-electron chi connectivity index (χ0n) is 12.7. The fraction of sp³-hybridized carbons (Fsp3) is 0.263. The van der Waals surface area contributed by atoms with Crippen molar-refractivity contribution in [3.63, 3.8) is 0 Å². The Morgan fingerprint density at radius 1 is 1.17 bits per heavy atom. The van der Waals surface area contributed by atoms with Gasteiger partial charge in [0.15, 0.2) is 0 Å². The number of carbonyl (C=O) groups is 1. The van der Waals surface area contributed by atoms with Gasteiger partial charge in [0.2, 0.25) is 0 Å². The lowest BCUT2D eigenvalue weighted by molar-refractivity contribution is 0.0694. The molecule has 1 N–H and O–H groups in total. The van der Waals surface area contributed by atoms with Crippen molar-refractivity contribution in [1.29, 1.82) is 0 Å². The smallest absolute Gasteiger partial charge is 0.341 e. The highest BCUT2D eigenvalue weighted by atomic mass is 16.4. The van der Waals surface area contributed by atoms with Gasteiger partial charge >= 0.3 is 5.97 Å². The number of rotatable bonds is 3. The molecule has 116 valence electrons. The Balaban J connectivity index is 2.16. The van der Waals surface area contributed by atoms with Crippen LogP contribution in [-0.4, -0.2) is 15.6 Å². The number of carboxylic acid groups (broad SMARTS) is 1. The van der Waals surface area contributed by atoms with Crippen LogP contribution in [0.25, 0.3) is 11.3 Å². The predicted octanol–water partition coefficient (Wildman–Crippen LogP) is 2.73. The van der Waals surface area contributed by atoms with Crippen LogP contribution in [0.3, 0.4) is 0 Å². The molecular weight excluding hydrogens is 290 g/mol. The highest BCUT2D eigenvalue weighted by Crippen LogP contribution is 2.27. The van der Waals surface area contributed by atoms with Crippen LogP contribution in [0.5, 0.6) is 0 Å². The van der Waals surface area contributed by atoms with Gasteiger partial charge in [-0.05, 0) is 60.6 Å². The molecule has 0 saturated carbocycles. The lowest BCUT2D eigenvalue weighted by Crippen LogP contribution is -2.27. The van der Waals surface area contributed by atoms with E-state index in [9.17, 15) is 9.59 Å². The zero-order valence-corrected chi connectivity index (χ0v) is 12.7. The number of fused-ring (bicyclic) bond motifs is 1. The maximum Gasteiger partial charge on any atom is 0.341 e. The third kappa shape index (κ3) is 2.78. The Hall–Kier alpha value is -2.80. The minimum absolute atomic E-state index is 0.0480. The van der Waals surface area contributed by atoms with Gasteiger partial charge in [-0.2, -0.15) is 0 Å². The zero-order chi connectivity index (χ0) is 16.4. The highest BCUT2D eigenvalue weighted by Gasteiger charge is 2.16. The molecule has 23 heavy (non-hydrogen) atoms. The largest absolute Gasteiger partial charge is 0.477 e. The van der Waals surface area contributed by atoms with Crippen molar-refractivity contribution in [1.82, 2.24) is 4.57 Å². The summed E-state index contributed by atoms with van der Waals surface area (Å²) in [5.74, 6) is 1.20. The van der Waals surface area contributed by atoms with Crippen molar-refractivity contribution in [2.24, 2.45) is 0 Å². The van der Waals surface area contributed by atoms with Gasteiger partial charge in [0.05, 0.1) is 12.2 Å². The highest BCUT2D eigenvalue weighted by molar-refractivity contribution is 5.87. The molecular formula is C19H17NO3. The number of aryl methyl sites for hydroxylation is 2. The summed E-state index contributed by atoms with van der Waals surface area (Å²) in [7, 11) is 0. The van der Waals surface area contributed by atoms with Gasteiger partial charge in [0, 0.05) is 0 Å². The SMILES string of the molecule is C#CCn1c(-c2ccc3c(c2)CCCC3)ccc(C(=O)O)c1=O. The second-order valence-electron chi connectivity index (χ2n) is 5.72.